The second-order valence-electron chi connectivity index (χ2n) is 6.22. The summed E-state index contributed by atoms with van der Waals surface area (Å²) in [5, 5.41) is 10.0. The highest BCUT2D eigenvalue weighted by atomic mass is 16.6. The van der Waals surface area contributed by atoms with Crippen molar-refractivity contribution >= 4 is 11.8 Å². The summed E-state index contributed by atoms with van der Waals surface area (Å²) in [6.45, 7) is 4.24. The molecule has 2 aromatic rings. The number of aryl methyl sites for hydroxylation is 1. The molecule has 6 nitrogen and oxygen atoms in total. The van der Waals surface area contributed by atoms with E-state index in [2.05, 4.69) is 0 Å². The van der Waals surface area contributed by atoms with Crippen LogP contribution in [0.2, 0.25) is 0 Å². The van der Waals surface area contributed by atoms with Gasteiger partial charge in [-0.1, -0.05) is 32.0 Å². The van der Waals surface area contributed by atoms with E-state index < -0.39 is 12.1 Å². The molecule has 0 aromatic heterocycles. The summed E-state index contributed by atoms with van der Waals surface area (Å²) in [5.74, 6) is -0.732. The molecule has 150 valence electrons. The van der Waals surface area contributed by atoms with Gasteiger partial charge in [-0.2, -0.15) is 0 Å². The van der Waals surface area contributed by atoms with Gasteiger partial charge in [0.2, 0.25) is 0 Å². The first kappa shape index (κ1) is 21.4. The lowest BCUT2D eigenvalue weighted by atomic mass is 9.90. The second-order valence-corrected chi connectivity index (χ2v) is 6.22. The summed E-state index contributed by atoms with van der Waals surface area (Å²) in [6.07, 6.45) is 0.344. The highest BCUT2D eigenvalue weighted by Crippen LogP contribution is 2.32. The molecule has 0 saturated carbocycles. The van der Waals surface area contributed by atoms with E-state index in [0.717, 1.165) is 12.0 Å². The molecule has 0 aliphatic rings. The van der Waals surface area contributed by atoms with Gasteiger partial charge >= 0.3 is 5.97 Å². The van der Waals surface area contributed by atoms with E-state index in [1.807, 2.05) is 19.9 Å². The Labute approximate surface area is 165 Å². The van der Waals surface area contributed by atoms with Crippen LogP contribution in [0, 0.1) is 0 Å². The van der Waals surface area contributed by atoms with Crippen molar-refractivity contribution in [2.75, 3.05) is 20.8 Å². The van der Waals surface area contributed by atoms with Gasteiger partial charge in [0.15, 0.2) is 23.4 Å². The summed E-state index contributed by atoms with van der Waals surface area (Å²) in [4.78, 5) is 25.6. The highest BCUT2D eigenvalue weighted by molar-refractivity contribution is 6.11. The van der Waals surface area contributed by atoms with Gasteiger partial charge in [0.1, 0.15) is 0 Å². The number of rotatable bonds is 9. The van der Waals surface area contributed by atoms with E-state index in [4.69, 9.17) is 14.2 Å². The lowest BCUT2D eigenvalue weighted by molar-refractivity contribution is -0.154. The molecule has 2 aromatic carbocycles. The van der Waals surface area contributed by atoms with Crippen molar-refractivity contribution in [2.45, 2.75) is 32.8 Å². The molecule has 0 radical (unpaired) electrons. The van der Waals surface area contributed by atoms with E-state index in [9.17, 15) is 14.7 Å². The molecule has 0 heterocycles. The number of phenolic OH excluding ortho intramolecular Hbond substituents is 1. The summed E-state index contributed by atoms with van der Waals surface area (Å²) < 4.78 is 15.7. The fraction of sp³-hybridized carbons (Fsp3) is 0.364. The number of aromatic hydroxyl groups is 1. The van der Waals surface area contributed by atoms with Crippen LogP contribution in [0.25, 0.3) is 0 Å². The third kappa shape index (κ3) is 4.51. The zero-order valence-electron chi connectivity index (χ0n) is 16.7. The zero-order valence-corrected chi connectivity index (χ0v) is 16.7. The molecule has 0 bridgehead atoms. The molecular formula is C22H26O6. The minimum Gasteiger partial charge on any atom is -0.504 e. The molecule has 0 amide bonds. The molecule has 6 heteroatoms. The summed E-state index contributed by atoms with van der Waals surface area (Å²) in [5.41, 5.74) is 1.96. The molecule has 28 heavy (non-hydrogen) atoms. The Morgan fingerprint density at radius 2 is 1.86 bits per heavy atom. The maximum Gasteiger partial charge on any atom is 0.339 e. The lowest BCUT2D eigenvalue weighted by Crippen LogP contribution is -2.22. The monoisotopic (exact) mass is 386 g/mol. The Balaban J connectivity index is 2.59. The van der Waals surface area contributed by atoms with Crippen LogP contribution in [-0.2, 0) is 20.7 Å². The van der Waals surface area contributed by atoms with Crippen LogP contribution in [0.15, 0.2) is 36.4 Å². The van der Waals surface area contributed by atoms with E-state index >= 15 is 0 Å². The van der Waals surface area contributed by atoms with Gasteiger partial charge in [0.25, 0.3) is 0 Å². The minimum atomic E-state index is -0.994. The van der Waals surface area contributed by atoms with E-state index in [0.29, 0.717) is 24.2 Å². The van der Waals surface area contributed by atoms with Gasteiger partial charge in [0, 0.05) is 23.3 Å². The topological polar surface area (TPSA) is 82.1 Å². The van der Waals surface area contributed by atoms with E-state index in [1.54, 1.807) is 18.2 Å². The minimum absolute atomic E-state index is 0.131. The number of ketones is 1. The number of ether oxygens (including phenoxy) is 3. The van der Waals surface area contributed by atoms with E-state index in [-0.39, 0.29) is 22.8 Å². The highest BCUT2D eigenvalue weighted by Gasteiger charge is 2.29. The van der Waals surface area contributed by atoms with Crippen LogP contribution >= 0.6 is 0 Å². The van der Waals surface area contributed by atoms with Gasteiger partial charge in [-0.15, -0.1) is 0 Å². The Bertz CT molecular complexity index is 843. The quantitative estimate of drug-likeness (QED) is 0.521. The molecule has 0 saturated heterocycles. The van der Waals surface area contributed by atoms with Gasteiger partial charge in [0.05, 0.1) is 14.2 Å². The Morgan fingerprint density at radius 1 is 1.11 bits per heavy atom. The zero-order chi connectivity index (χ0) is 20.7. The summed E-state index contributed by atoms with van der Waals surface area (Å²) >= 11 is 0. The van der Waals surface area contributed by atoms with Crippen molar-refractivity contribution in [3.63, 3.8) is 0 Å². The van der Waals surface area contributed by atoms with Gasteiger partial charge in [-0.25, -0.2) is 4.79 Å². The van der Waals surface area contributed by atoms with Crippen LogP contribution in [0.5, 0.6) is 11.5 Å². The van der Waals surface area contributed by atoms with E-state index in [1.165, 1.54) is 26.4 Å². The number of hydrogen-bond donors (Lipinski definition) is 1. The summed E-state index contributed by atoms with van der Waals surface area (Å²) in [6, 6.07) is 9.74. The maximum absolute atomic E-state index is 13.2. The Hall–Kier alpha value is -2.86. The fourth-order valence-electron chi connectivity index (χ4n) is 3.03. The predicted molar refractivity (Wildman–Crippen MR) is 105 cm³/mol. The number of hydrogen-bond acceptors (Lipinski definition) is 6. The van der Waals surface area contributed by atoms with Crippen molar-refractivity contribution < 1.29 is 28.9 Å². The summed E-state index contributed by atoms with van der Waals surface area (Å²) in [7, 11) is 2.73. The molecule has 0 aliphatic carbocycles. The third-order valence-electron chi connectivity index (χ3n) is 4.43. The van der Waals surface area contributed by atoms with Gasteiger partial charge < -0.3 is 19.3 Å². The van der Waals surface area contributed by atoms with Crippen molar-refractivity contribution in [3.8, 4) is 11.5 Å². The Morgan fingerprint density at radius 3 is 2.43 bits per heavy atom. The maximum atomic E-state index is 13.2. The largest absolute Gasteiger partial charge is 0.504 e. The van der Waals surface area contributed by atoms with Crippen LogP contribution < -0.4 is 4.74 Å². The Kier molecular flexibility index (Phi) is 7.58. The van der Waals surface area contributed by atoms with Gasteiger partial charge in [-0.3, -0.25) is 4.79 Å². The molecule has 1 unspecified atom stereocenters. The molecule has 2 rings (SSSR count). The molecule has 0 aliphatic heterocycles. The number of methoxy groups -OCH3 is 2. The fourth-order valence-corrected chi connectivity index (χ4v) is 3.03. The smallest absolute Gasteiger partial charge is 0.339 e. The number of phenols is 1. The molecule has 1 atom stereocenters. The molecular weight excluding hydrogens is 360 g/mol. The standard InChI is InChI=1S/C22H26O6/c1-5-12-28-21(22(25)27-4)19-14(6-2)8-7-9-16(19)20(24)15-10-11-18(26-3)17(23)13-15/h7-11,13,21,23H,5-6,12H2,1-4H3. The van der Waals surface area contributed by atoms with Gasteiger partial charge in [-0.05, 0) is 36.6 Å². The van der Waals surface area contributed by atoms with Crippen LogP contribution in [0.3, 0.4) is 0 Å². The molecule has 0 spiro atoms. The normalized spacial score (nSPS) is 11.7. The predicted octanol–water partition coefficient (Wildman–Crippen LogP) is 3.83. The SMILES string of the molecule is CCCOC(C(=O)OC)c1c(CC)cccc1C(=O)c1ccc(OC)c(O)c1. The lowest BCUT2D eigenvalue weighted by Gasteiger charge is -2.21. The number of benzene rings is 2. The van der Waals surface area contributed by atoms with Crippen molar-refractivity contribution in [3.05, 3.63) is 58.7 Å². The molecule has 1 N–H and O–H groups in total. The first-order chi connectivity index (χ1) is 13.5. The third-order valence-corrected chi connectivity index (χ3v) is 4.43. The van der Waals surface area contributed by atoms with Crippen molar-refractivity contribution in [1.82, 2.24) is 0 Å². The van der Waals surface area contributed by atoms with Crippen LogP contribution in [0.4, 0.5) is 0 Å². The number of carbonyl (C=O) groups excluding carboxylic acids is 2. The van der Waals surface area contributed by atoms with Crippen LogP contribution in [0.1, 0.15) is 53.4 Å². The number of esters is 1. The van der Waals surface area contributed by atoms with Crippen molar-refractivity contribution in [1.29, 1.82) is 0 Å². The van der Waals surface area contributed by atoms with Crippen LogP contribution in [-0.4, -0.2) is 37.7 Å². The molecule has 0 fully saturated rings. The second kappa shape index (κ2) is 9.90. The van der Waals surface area contributed by atoms with Crippen molar-refractivity contribution in [2.24, 2.45) is 0 Å². The first-order valence-electron chi connectivity index (χ1n) is 9.21. The average molecular weight is 386 g/mol. The first-order valence-corrected chi connectivity index (χ1v) is 9.21. The number of carbonyl (C=O) groups is 2. The average Bonchev–Trinajstić information content (AvgIpc) is 2.72.